The number of imide groups is 2. The Balaban J connectivity index is 1.67. The Kier molecular flexibility index (Phi) is 5.79. The van der Waals surface area contributed by atoms with Gasteiger partial charge >= 0.3 is 6.03 Å². The molecule has 5 rings (SSSR count). The van der Waals surface area contributed by atoms with Crippen molar-refractivity contribution in [3.8, 4) is 0 Å². The Morgan fingerprint density at radius 2 is 1.32 bits per heavy atom. The summed E-state index contributed by atoms with van der Waals surface area (Å²) in [4.78, 5) is 44.5. The molecular weight excluding hydrogens is 469 g/mol. The summed E-state index contributed by atoms with van der Waals surface area (Å²) in [5.74, 6) is -2.19. The minimum atomic E-state index is -0.809. The molecule has 3 aromatic carbocycles. The molecule has 186 valence electrons. The fraction of sp³-hybridized carbons (Fsp3) is 0.167. The normalized spacial score (nSPS) is 17.1. The van der Waals surface area contributed by atoms with E-state index in [1.54, 1.807) is 66.7 Å². The Bertz CT molecular complexity index is 1430. The van der Waals surface area contributed by atoms with Crippen LogP contribution in [0.4, 0.5) is 26.2 Å². The van der Waals surface area contributed by atoms with E-state index in [0.29, 0.717) is 11.4 Å². The van der Waals surface area contributed by atoms with E-state index >= 15 is 4.39 Å². The van der Waals surface area contributed by atoms with Crippen molar-refractivity contribution in [3.05, 3.63) is 101 Å². The average Bonchev–Trinajstić information content (AvgIpc) is 2.87. The predicted molar refractivity (Wildman–Crippen MR) is 144 cm³/mol. The minimum Gasteiger partial charge on any atom is -0.365 e. The van der Waals surface area contributed by atoms with Crippen molar-refractivity contribution in [3.63, 3.8) is 0 Å². The number of carbonyl (C=O) groups excluding carboxylic acids is 3. The molecule has 7 heteroatoms. The van der Waals surface area contributed by atoms with E-state index in [0.717, 1.165) is 26.6 Å². The maximum atomic E-state index is 15.4. The molecule has 0 aromatic heterocycles. The van der Waals surface area contributed by atoms with Crippen molar-refractivity contribution in [2.45, 2.75) is 26.3 Å². The third-order valence-electron chi connectivity index (χ3n) is 6.91. The van der Waals surface area contributed by atoms with E-state index < -0.39 is 23.7 Å². The van der Waals surface area contributed by atoms with Gasteiger partial charge in [-0.25, -0.2) is 19.0 Å². The first-order chi connectivity index (χ1) is 17.6. The smallest absolute Gasteiger partial charge is 0.343 e. The Morgan fingerprint density at radius 3 is 1.84 bits per heavy atom. The largest absolute Gasteiger partial charge is 0.365 e. The molecule has 2 aliphatic rings. The number of benzene rings is 3. The number of likely N-dealkylation sites (N-methyl/N-ethyl adjacent to an activating group) is 1. The highest BCUT2D eigenvalue weighted by Gasteiger charge is 2.44. The SMILES string of the molecule is CC1=CC(C)(C)N(C)c2cc(F)c(C=C3C(=O)N(c4ccccc4)C(=O)N(c4ccccc4)C3=O)cc21. The standard InChI is InChI=1S/C30H26FN3O3/c1-19-18-30(2,3)32(4)26-17-25(31)20(15-23(19)26)16-24-27(35)33(21-11-7-5-8-12-21)29(37)34(28(24)36)22-13-9-6-10-14-22/h5-18H,1-4H3. The number of barbiturate groups is 1. The number of carbonyl (C=O) groups is 3. The average molecular weight is 496 g/mol. The van der Waals surface area contributed by atoms with Crippen LogP contribution in [0.5, 0.6) is 0 Å². The van der Waals surface area contributed by atoms with Crippen LogP contribution in [0, 0.1) is 5.82 Å². The lowest BCUT2D eigenvalue weighted by Crippen LogP contribution is -2.57. The number of urea groups is 1. The first kappa shape index (κ1) is 24.2. The van der Waals surface area contributed by atoms with Crippen LogP contribution in [0.25, 0.3) is 11.6 Å². The van der Waals surface area contributed by atoms with Gasteiger partial charge in [0, 0.05) is 23.9 Å². The molecule has 3 aromatic rings. The molecule has 0 unspecified atom stereocenters. The molecule has 37 heavy (non-hydrogen) atoms. The summed E-state index contributed by atoms with van der Waals surface area (Å²) >= 11 is 0. The van der Waals surface area contributed by atoms with Gasteiger partial charge in [-0.15, -0.1) is 0 Å². The van der Waals surface area contributed by atoms with Crippen molar-refractivity contribution in [1.29, 1.82) is 0 Å². The van der Waals surface area contributed by atoms with Gasteiger partial charge in [-0.05, 0) is 68.8 Å². The number of hydrogen-bond acceptors (Lipinski definition) is 4. The monoisotopic (exact) mass is 495 g/mol. The van der Waals surface area contributed by atoms with Crippen molar-refractivity contribution in [2.24, 2.45) is 0 Å². The quantitative estimate of drug-likeness (QED) is 0.328. The molecule has 0 aliphatic carbocycles. The summed E-state index contributed by atoms with van der Waals surface area (Å²) in [6.45, 7) is 6.03. The highest BCUT2D eigenvalue weighted by molar-refractivity contribution is 6.46. The molecule has 2 heterocycles. The topological polar surface area (TPSA) is 60.9 Å². The van der Waals surface area contributed by atoms with Gasteiger partial charge in [0.1, 0.15) is 11.4 Å². The van der Waals surface area contributed by atoms with Gasteiger partial charge in [-0.1, -0.05) is 42.5 Å². The first-order valence-corrected chi connectivity index (χ1v) is 11.9. The summed E-state index contributed by atoms with van der Waals surface area (Å²) in [6, 6.07) is 19.0. The summed E-state index contributed by atoms with van der Waals surface area (Å²) in [7, 11) is 1.90. The fourth-order valence-electron chi connectivity index (χ4n) is 4.79. The zero-order valence-electron chi connectivity index (χ0n) is 21.0. The van der Waals surface area contributed by atoms with E-state index in [1.807, 2.05) is 32.7 Å². The zero-order valence-corrected chi connectivity index (χ0v) is 21.0. The van der Waals surface area contributed by atoms with Gasteiger partial charge in [0.05, 0.1) is 16.9 Å². The molecule has 0 radical (unpaired) electrons. The number of nitrogens with zero attached hydrogens (tertiary/aromatic N) is 3. The molecule has 4 amide bonds. The van der Waals surface area contributed by atoms with Crippen molar-refractivity contribution >= 4 is 46.6 Å². The number of anilines is 3. The van der Waals surface area contributed by atoms with Gasteiger partial charge in [0.2, 0.25) is 0 Å². The number of fused-ring (bicyclic) bond motifs is 1. The van der Waals surface area contributed by atoms with E-state index in [9.17, 15) is 14.4 Å². The molecule has 0 atom stereocenters. The summed E-state index contributed by atoms with van der Waals surface area (Å²) in [5.41, 5.74) is 2.59. The number of rotatable bonds is 3. The number of halogens is 1. The highest BCUT2D eigenvalue weighted by Crippen LogP contribution is 2.40. The Morgan fingerprint density at radius 1 is 0.811 bits per heavy atom. The van der Waals surface area contributed by atoms with E-state index in [-0.39, 0.29) is 16.7 Å². The van der Waals surface area contributed by atoms with Crippen LogP contribution in [0.3, 0.4) is 0 Å². The van der Waals surface area contributed by atoms with Crippen LogP contribution in [-0.4, -0.2) is 30.4 Å². The maximum absolute atomic E-state index is 15.4. The predicted octanol–water partition coefficient (Wildman–Crippen LogP) is 6.04. The lowest BCUT2D eigenvalue weighted by molar-refractivity contribution is -0.121. The fourth-order valence-corrected chi connectivity index (χ4v) is 4.79. The van der Waals surface area contributed by atoms with Crippen LogP contribution in [0.1, 0.15) is 31.9 Å². The number of para-hydroxylation sites is 2. The van der Waals surface area contributed by atoms with Crippen molar-refractivity contribution in [2.75, 3.05) is 21.7 Å². The third-order valence-corrected chi connectivity index (χ3v) is 6.91. The summed E-state index contributed by atoms with van der Waals surface area (Å²) in [5, 5.41) is 0. The molecule has 1 saturated heterocycles. The van der Waals surface area contributed by atoms with Gasteiger partial charge in [0.25, 0.3) is 11.8 Å². The zero-order chi connectivity index (χ0) is 26.5. The van der Waals surface area contributed by atoms with Gasteiger partial charge in [0.15, 0.2) is 0 Å². The van der Waals surface area contributed by atoms with E-state index in [2.05, 4.69) is 6.08 Å². The second-order valence-electron chi connectivity index (χ2n) is 9.72. The van der Waals surface area contributed by atoms with Crippen LogP contribution in [0.2, 0.25) is 0 Å². The van der Waals surface area contributed by atoms with Crippen molar-refractivity contribution in [1.82, 2.24) is 0 Å². The first-order valence-electron chi connectivity index (χ1n) is 11.9. The van der Waals surface area contributed by atoms with Crippen LogP contribution >= 0.6 is 0 Å². The molecule has 1 fully saturated rings. The highest BCUT2D eigenvalue weighted by atomic mass is 19.1. The Hall–Kier alpha value is -4.52. The second-order valence-corrected chi connectivity index (χ2v) is 9.72. The van der Waals surface area contributed by atoms with E-state index in [4.69, 9.17) is 0 Å². The molecule has 0 N–H and O–H groups in total. The molecule has 6 nitrogen and oxygen atoms in total. The van der Waals surface area contributed by atoms with E-state index in [1.165, 1.54) is 12.1 Å². The van der Waals surface area contributed by atoms with Crippen LogP contribution in [0.15, 0.2) is 84.4 Å². The van der Waals surface area contributed by atoms with Gasteiger partial charge < -0.3 is 4.90 Å². The Labute approximate surface area is 214 Å². The maximum Gasteiger partial charge on any atom is 0.343 e. The lowest BCUT2D eigenvalue weighted by atomic mass is 9.88. The van der Waals surface area contributed by atoms with Crippen molar-refractivity contribution < 1.29 is 18.8 Å². The minimum absolute atomic E-state index is 0.0895. The number of amides is 4. The molecule has 0 spiro atoms. The summed E-state index contributed by atoms with van der Waals surface area (Å²) < 4.78 is 15.4. The second kappa shape index (κ2) is 8.85. The molecule has 0 saturated carbocycles. The lowest BCUT2D eigenvalue weighted by Gasteiger charge is -2.40. The number of allylic oxidation sites excluding steroid dienone is 1. The van der Waals surface area contributed by atoms with Gasteiger partial charge in [-0.3, -0.25) is 9.59 Å². The van der Waals surface area contributed by atoms with Gasteiger partial charge in [-0.2, -0.15) is 0 Å². The molecular formula is C30H26FN3O3. The third kappa shape index (κ3) is 4.02. The summed E-state index contributed by atoms with van der Waals surface area (Å²) in [6.07, 6.45) is 3.33. The van der Waals surface area contributed by atoms with Crippen LogP contribution in [-0.2, 0) is 9.59 Å². The van der Waals surface area contributed by atoms with Crippen LogP contribution < -0.4 is 14.7 Å². The molecule has 2 aliphatic heterocycles. The molecule has 0 bridgehead atoms. The number of hydrogen-bond donors (Lipinski definition) is 0.